The molecule has 0 aromatic heterocycles. The van der Waals surface area contributed by atoms with Gasteiger partial charge in [0.2, 0.25) is 5.91 Å². The van der Waals surface area contributed by atoms with E-state index in [1.165, 1.54) is 6.07 Å². The molecule has 0 unspecified atom stereocenters. The number of carbonyl (C=O) groups excluding carboxylic acids is 2. The lowest BCUT2D eigenvalue weighted by Crippen LogP contribution is -2.35. The SMILES string of the molecule is Cc1ccc(C(=O)Nc2ccc(N3CCCCC3=O)cc2)cc1[N+](=O)[O-]. The van der Waals surface area contributed by atoms with Crippen LogP contribution in [0.2, 0.25) is 0 Å². The molecule has 3 rings (SSSR count). The Hall–Kier alpha value is -3.22. The maximum atomic E-state index is 12.3. The van der Waals surface area contributed by atoms with Crippen LogP contribution in [0.1, 0.15) is 35.2 Å². The average Bonchev–Trinajstić information content (AvgIpc) is 2.63. The van der Waals surface area contributed by atoms with Gasteiger partial charge < -0.3 is 10.2 Å². The molecule has 1 heterocycles. The van der Waals surface area contributed by atoms with Gasteiger partial charge >= 0.3 is 0 Å². The summed E-state index contributed by atoms with van der Waals surface area (Å²) in [7, 11) is 0. The molecule has 2 amide bonds. The van der Waals surface area contributed by atoms with E-state index in [-0.39, 0.29) is 17.2 Å². The highest BCUT2D eigenvalue weighted by Gasteiger charge is 2.19. The molecule has 1 fully saturated rings. The van der Waals surface area contributed by atoms with Crippen LogP contribution in [0.5, 0.6) is 0 Å². The summed E-state index contributed by atoms with van der Waals surface area (Å²) in [6.07, 6.45) is 2.47. The zero-order valence-electron chi connectivity index (χ0n) is 14.4. The minimum Gasteiger partial charge on any atom is -0.322 e. The number of amides is 2. The molecule has 26 heavy (non-hydrogen) atoms. The summed E-state index contributed by atoms with van der Waals surface area (Å²) in [6, 6.07) is 11.4. The summed E-state index contributed by atoms with van der Waals surface area (Å²) in [5.41, 5.74) is 2.00. The maximum Gasteiger partial charge on any atom is 0.273 e. The van der Waals surface area contributed by atoms with Gasteiger partial charge in [0, 0.05) is 41.5 Å². The maximum absolute atomic E-state index is 12.3. The molecule has 0 radical (unpaired) electrons. The van der Waals surface area contributed by atoms with Crippen LogP contribution in [-0.4, -0.2) is 23.3 Å². The van der Waals surface area contributed by atoms with E-state index in [0.717, 1.165) is 18.5 Å². The molecular formula is C19H19N3O4. The first-order valence-corrected chi connectivity index (χ1v) is 8.42. The second kappa shape index (κ2) is 7.35. The van der Waals surface area contributed by atoms with Crippen molar-refractivity contribution in [3.05, 3.63) is 63.7 Å². The van der Waals surface area contributed by atoms with Crippen LogP contribution in [0.3, 0.4) is 0 Å². The minimum atomic E-state index is -0.503. The van der Waals surface area contributed by atoms with E-state index in [4.69, 9.17) is 0 Å². The average molecular weight is 353 g/mol. The molecule has 2 aromatic carbocycles. The number of carbonyl (C=O) groups is 2. The molecule has 7 nitrogen and oxygen atoms in total. The second-order valence-corrected chi connectivity index (χ2v) is 6.26. The zero-order valence-corrected chi connectivity index (χ0v) is 14.4. The van der Waals surface area contributed by atoms with Crippen LogP contribution in [0, 0.1) is 17.0 Å². The molecule has 1 aliphatic heterocycles. The lowest BCUT2D eigenvalue weighted by Gasteiger charge is -2.26. The molecule has 0 bridgehead atoms. The van der Waals surface area contributed by atoms with Crippen molar-refractivity contribution in [2.75, 3.05) is 16.8 Å². The molecule has 1 N–H and O–H groups in total. The third kappa shape index (κ3) is 3.72. The van der Waals surface area contributed by atoms with E-state index >= 15 is 0 Å². The summed E-state index contributed by atoms with van der Waals surface area (Å²) in [4.78, 5) is 36.6. The summed E-state index contributed by atoms with van der Waals surface area (Å²) >= 11 is 0. The number of anilines is 2. The van der Waals surface area contributed by atoms with Gasteiger partial charge in [0.05, 0.1) is 4.92 Å². The van der Waals surface area contributed by atoms with Gasteiger partial charge in [0.15, 0.2) is 0 Å². The first kappa shape index (κ1) is 17.6. The van der Waals surface area contributed by atoms with Crippen LogP contribution in [0.4, 0.5) is 17.1 Å². The normalized spacial score (nSPS) is 14.2. The van der Waals surface area contributed by atoms with Crippen LogP contribution >= 0.6 is 0 Å². The number of nitrogens with zero attached hydrogens (tertiary/aromatic N) is 2. The summed E-state index contributed by atoms with van der Waals surface area (Å²) < 4.78 is 0. The van der Waals surface area contributed by atoms with Crippen LogP contribution in [0.25, 0.3) is 0 Å². The van der Waals surface area contributed by atoms with Gasteiger partial charge in [-0.25, -0.2) is 0 Å². The number of hydrogen-bond acceptors (Lipinski definition) is 4. The fourth-order valence-electron chi connectivity index (χ4n) is 2.95. The van der Waals surface area contributed by atoms with Crippen molar-refractivity contribution >= 4 is 28.9 Å². The van der Waals surface area contributed by atoms with Crippen molar-refractivity contribution in [2.45, 2.75) is 26.2 Å². The molecule has 2 aromatic rings. The topological polar surface area (TPSA) is 92.6 Å². The molecule has 0 aliphatic carbocycles. The third-order valence-corrected chi connectivity index (χ3v) is 4.43. The predicted molar refractivity (Wildman–Crippen MR) is 98.4 cm³/mol. The molecule has 0 spiro atoms. The van der Waals surface area contributed by atoms with E-state index in [1.54, 1.807) is 48.2 Å². The van der Waals surface area contributed by atoms with E-state index in [0.29, 0.717) is 24.2 Å². The van der Waals surface area contributed by atoms with E-state index in [1.807, 2.05) is 0 Å². The predicted octanol–water partition coefficient (Wildman–Crippen LogP) is 3.67. The smallest absolute Gasteiger partial charge is 0.273 e. The number of benzene rings is 2. The zero-order chi connectivity index (χ0) is 18.7. The molecule has 134 valence electrons. The van der Waals surface area contributed by atoms with Gasteiger partial charge in [-0.3, -0.25) is 19.7 Å². The Kier molecular flexibility index (Phi) is 4.97. The van der Waals surface area contributed by atoms with E-state index in [2.05, 4.69) is 5.32 Å². The van der Waals surface area contributed by atoms with Gasteiger partial charge in [-0.15, -0.1) is 0 Å². The van der Waals surface area contributed by atoms with Crippen molar-refractivity contribution in [2.24, 2.45) is 0 Å². The highest BCUT2D eigenvalue weighted by Crippen LogP contribution is 2.24. The van der Waals surface area contributed by atoms with Gasteiger partial charge in [0.25, 0.3) is 11.6 Å². The summed E-state index contributed by atoms with van der Waals surface area (Å²) in [5, 5.41) is 13.7. The Labute approximate surface area is 150 Å². The molecule has 0 saturated carbocycles. The van der Waals surface area contributed by atoms with Crippen molar-refractivity contribution in [3.8, 4) is 0 Å². The van der Waals surface area contributed by atoms with Crippen molar-refractivity contribution in [1.29, 1.82) is 0 Å². The number of nitrogens with one attached hydrogen (secondary N) is 1. The van der Waals surface area contributed by atoms with Crippen LogP contribution in [-0.2, 0) is 4.79 Å². The number of nitro benzene ring substituents is 1. The molecule has 1 saturated heterocycles. The highest BCUT2D eigenvalue weighted by atomic mass is 16.6. The Morgan fingerprint density at radius 2 is 1.88 bits per heavy atom. The number of aryl methyl sites for hydroxylation is 1. The Bertz CT molecular complexity index is 862. The molecular weight excluding hydrogens is 334 g/mol. The minimum absolute atomic E-state index is 0.0865. The molecule has 7 heteroatoms. The first-order valence-electron chi connectivity index (χ1n) is 8.42. The van der Waals surface area contributed by atoms with Gasteiger partial charge in [0.1, 0.15) is 0 Å². The fourth-order valence-corrected chi connectivity index (χ4v) is 2.95. The Morgan fingerprint density at radius 3 is 2.54 bits per heavy atom. The second-order valence-electron chi connectivity index (χ2n) is 6.26. The standard InChI is InChI=1S/C19H19N3O4/c1-13-5-6-14(12-17(13)22(25)26)19(24)20-15-7-9-16(10-8-15)21-11-3-2-4-18(21)23/h5-10,12H,2-4,11H2,1H3,(H,20,24). The Morgan fingerprint density at radius 1 is 1.15 bits per heavy atom. The van der Waals surface area contributed by atoms with E-state index < -0.39 is 10.8 Å². The first-order chi connectivity index (χ1) is 12.5. The fraction of sp³-hybridized carbons (Fsp3) is 0.263. The Balaban J connectivity index is 1.73. The number of hydrogen-bond donors (Lipinski definition) is 1. The van der Waals surface area contributed by atoms with Crippen molar-refractivity contribution in [3.63, 3.8) is 0 Å². The third-order valence-electron chi connectivity index (χ3n) is 4.43. The largest absolute Gasteiger partial charge is 0.322 e. The monoisotopic (exact) mass is 353 g/mol. The number of piperidine rings is 1. The summed E-state index contributed by atoms with van der Waals surface area (Å²) in [6.45, 7) is 2.33. The van der Waals surface area contributed by atoms with Crippen molar-refractivity contribution < 1.29 is 14.5 Å². The van der Waals surface area contributed by atoms with Gasteiger partial charge in [-0.1, -0.05) is 6.07 Å². The molecule has 1 aliphatic rings. The lowest BCUT2D eigenvalue weighted by molar-refractivity contribution is -0.385. The van der Waals surface area contributed by atoms with Crippen molar-refractivity contribution in [1.82, 2.24) is 0 Å². The highest BCUT2D eigenvalue weighted by molar-refractivity contribution is 6.05. The van der Waals surface area contributed by atoms with E-state index in [9.17, 15) is 19.7 Å². The van der Waals surface area contributed by atoms with Crippen LogP contribution < -0.4 is 10.2 Å². The van der Waals surface area contributed by atoms with Gasteiger partial charge in [-0.2, -0.15) is 0 Å². The van der Waals surface area contributed by atoms with Crippen LogP contribution in [0.15, 0.2) is 42.5 Å². The molecule has 0 atom stereocenters. The number of nitro groups is 1. The lowest BCUT2D eigenvalue weighted by atomic mass is 10.1. The van der Waals surface area contributed by atoms with Gasteiger partial charge in [-0.05, 0) is 50.1 Å². The quantitative estimate of drug-likeness (QED) is 0.670. The summed E-state index contributed by atoms with van der Waals surface area (Å²) in [5.74, 6) is -0.310. The number of rotatable bonds is 4.